The lowest BCUT2D eigenvalue weighted by Gasteiger charge is -2.18. The van der Waals surface area contributed by atoms with Crippen LogP contribution < -0.4 is 5.32 Å². The highest BCUT2D eigenvalue weighted by Gasteiger charge is 2.28. The number of nitrogens with zero attached hydrogens (tertiary/aromatic N) is 2. The first-order valence-electron chi connectivity index (χ1n) is 5.41. The molecule has 0 spiro atoms. The van der Waals surface area contributed by atoms with Crippen LogP contribution in [0.4, 0.5) is 0 Å². The predicted octanol–water partition coefficient (Wildman–Crippen LogP) is 1.31. The average molecular weight is 189 g/mol. The molecular formula is C11H15N3. The molecule has 3 rings (SSSR count). The molecule has 1 saturated carbocycles. The third-order valence-corrected chi connectivity index (χ3v) is 3.10. The Bertz CT molecular complexity index is 369. The summed E-state index contributed by atoms with van der Waals surface area (Å²) in [4.78, 5) is 9.27. The lowest BCUT2D eigenvalue weighted by atomic mass is 10.0. The second-order valence-electron chi connectivity index (χ2n) is 4.29. The van der Waals surface area contributed by atoms with E-state index in [2.05, 4.69) is 22.2 Å². The van der Waals surface area contributed by atoms with Crippen LogP contribution in [0.5, 0.6) is 0 Å². The van der Waals surface area contributed by atoms with Gasteiger partial charge in [0, 0.05) is 18.2 Å². The summed E-state index contributed by atoms with van der Waals surface area (Å²) in [6.07, 6.45) is 3.66. The Morgan fingerprint density at radius 1 is 1.29 bits per heavy atom. The van der Waals surface area contributed by atoms with Gasteiger partial charge in [-0.25, -0.2) is 9.97 Å². The van der Waals surface area contributed by atoms with Crippen LogP contribution in [-0.2, 0) is 13.0 Å². The van der Waals surface area contributed by atoms with Gasteiger partial charge in [0.15, 0.2) is 0 Å². The van der Waals surface area contributed by atoms with Gasteiger partial charge in [-0.2, -0.15) is 0 Å². The summed E-state index contributed by atoms with van der Waals surface area (Å²) in [6.45, 7) is 4.12. The molecular weight excluding hydrogens is 174 g/mol. The number of aromatic nitrogens is 2. The minimum absolute atomic E-state index is 0.668. The number of fused-ring (bicyclic) bond motifs is 1. The monoisotopic (exact) mass is 189 g/mol. The number of hydrogen-bond acceptors (Lipinski definition) is 3. The Hall–Kier alpha value is -0.960. The van der Waals surface area contributed by atoms with Gasteiger partial charge in [0.1, 0.15) is 5.82 Å². The van der Waals surface area contributed by atoms with Crippen LogP contribution in [0.3, 0.4) is 0 Å². The molecule has 1 aromatic rings. The summed E-state index contributed by atoms with van der Waals surface area (Å²) in [7, 11) is 0. The molecule has 14 heavy (non-hydrogen) atoms. The highest BCUT2D eigenvalue weighted by Crippen LogP contribution is 2.38. The summed E-state index contributed by atoms with van der Waals surface area (Å²) in [5.74, 6) is 1.76. The summed E-state index contributed by atoms with van der Waals surface area (Å²) >= 11 is 0. The van der Waals surface area contributed by atoms with Crippen molar-refractivity contribution in [3.63, 3.8) is 0 Å². The van der Waals surface area contributed by atoms with Crippen molar-refractivity contribution in [1.29, 1.82) is 0 Å². The van der Waals surface area contributed by atoms with Crippen molar-refractivity contribution in [3.05, 3.63) is 22.8 Å². The lowest BCUT2D eigenvalue weighted by Crippen LogP contribution is -2.26. The van der Waals surface area contributed by atoms with Gasteiger partial charge in [-0.15, -0.1) is 0 Å². The maximum absolute atomic E-state index is 4.66. The number of hydrogen-bond donors (Lipinski definition) is 1. The van der Waals surface area contributed by atoms with Crippen molar-refractivity contribution in [2.24, 2.45) is 0 Å². The van der Waals surface area contributed by atoms with Gasteiger partial charge in [-0.3, -0.25) is 0 Å². The highest BCUT2D eigenvalue weighted by atomic mass is 15.0. The number of rotatable bonds is 1. The molecule has 0 bridgehead atoms. The van der Waals surface area contributed by atoms with Gasteiger partial charge in [0.05, 0.1) is 5.69 Å². The third kappa shape index (κ3) is 1.32. The zero-order valence-electron chi connectivity index (χ0n) is 8.51. The number of nitrogens with one attached hydrogen (secondary N) is 1. The highest BCUT2D eigenvalue weighted by molar-refractivity contribution is 5.28. The molecule has 2 aliphatic rings. The molecule has 3 heteroatoms. The molecule has 1 N–H and O–H groups in total. The molecule has 0 saturated heterocycles. The van der Waals surface area contributed by atoms with Crippen LogP contribution in [0.1, 0.15) is 41.5 Å². The molecule has 1 fully saturated rings. The summed E-state index contributed by atoms with van der Waals surface area (Å²) in [6, 6.07) is 0. The molecule has 0 atom stereocenters. The smallest absolute Gasteiger partial charge is 0.132 e. The van der Waals surface area contributed by atoms with E-state index in [0.29, 0.717) is 5.92 Å². The maximum Gasteiger partial charge on any atom is 0.132 e. The summed E-state index contributed by atoms with van der Waals surface area (Å²) in [5.41, 5.74) is 3.83. The second-order valence-corrected chi connectivity index (χ2v) is 4.29. The van der Waals surface area contributed by atoms with Crippen LogP contribution in [0.25, 0.3) is 0 Å². The largest absolute Gasteiger partial charge is 0.311 e. The minimum atomic E-state index is 0.668. The van der Waals surface area contributed by atoms with Crippen LogP contribution in [0.2, 0.25) is 0 Å². The van der Waals surface area contributed by atoms with Crippen molar-refractivity contribution >= 4 is 0 Å². The Morgan fingerprint density at radius 2 is 2.14 bits per heavy atom. The fraction of sp³-hybridized carbons (Fsp3) is 0.636. The van der Waals surface area contributed by atoms with Gasteiger partial charge in [0.2, 0.25) is 0 Å². The van der Waals surface area contributed by atoms with Gasteiger partial charge in [0.25, 0.3) is 0 Å². The number of aryl methyl sites for hydroxylation is 1. The lowest BCUT2D eigenvalue weighted by molar-refractivity contribution is 0.612. The topological polar surface area (TPSA) is 37.8 Å². The van der Waals surface area contributed by atoms with Crippen LogP contribution in [0, 0.1) is 6.92 Å². The molecule has 0 amide bonds. The zero-order valence-corrected chi connectivity index (χ0v) is 8.51. The van der Waals surface area contributed by atoms with Crippen molar-refractivity contribution in [1.82, 2.24) is 15.3 Å². The molecule has 1 aliphatic heterocycles. The fourth-order valence-corrected chi connectivity index (χ4v) is 2.09. The predicted molar refractivity (Wildman–Crippen MR) is 54.2 cm³/mol. The standard InChI is InChI=1S/C11H15N3/c1-7-9-4-5-12-6-10(9)14-11(13-7)8-2-3-8/h8,12H,2-6H2,1H3. The molecule has 1 aliphatic carbocycles. The molecule has 0 radical (unpaired) electrons. The van der Waals surface area contributed by atoms with Gasteiger partial charge in [-0.05, 0) is 38.3 Å². The Labute approximate surface area is 84.0 Å². The Balaban J connectivity index is 2.06. The fourth-order valence-electron chi connectivity index (χ4n) is 2.09. The van der Waals surface area contributed by atoms with Crippen LogP contribution >= 0.6 is 0 Å². The van der Waals surface area contributed by atoms with E-state index in [1.807, 2.05) is 0 Å². The first-order chi connectivity index (χ1) is 6.84. The van der Waals surface area contributed by atoms with Gasteiger partial charge >= 0.3 is 0 Å². The maximum atomic E-state index is 4.66. The van der Waals surface area contributed by atoms with E-state index in [-0.39, 0.29) is 0 Å². The van der Waals surface area contributed by atoms with E-state index in [1.54, 1.807) is 0 Å². The van der Waals surface area contributed by atoms with E-state index >= 15 is 0 Å². The van der Waals surface area contributed by atoms with E-state index in [1.165, 1.54) is 29.8 Å². The first-order valence-corrected chi connectivity index (χ1v) is 5.41. The molecule has 1 aromatic heterocycles. The molecule has 0 aromatic carbocycles. The third-order valence-electron chi connectivity index (χ3n) is 3.10. The second kappa shape index (κ2) is 3.02. The minimum Gasteiger partial charge on any atom is -0.311 e. The normalized spacial score (nSPS) is 20.6. The van der Waals surface area contributed by atoms with Crippen molar-refractivity contribution < 1.29 is 0 Å². The zero-order chi connectivity index (χ0) is 9.54. The van der Waals surface area contributed by atoms with E-state index in [0.717, 1.165) is 25.3 Å². The SMILES string of the molecule is Cc1nc(C2CC2)nc2c1CCNC2. The average Bonchev–Trinajstić information content (AvgIpc) is 3.01. The van der Waals surface area contributed by atoms with Gasteiger partial charge < -0.3 is 5.32 Å². The van der Waals surface area contributed by atoms with E-state index < -0.39 is 0 Å². The van der Waals surface area contributed by atoms with E-state index in [4.69, 9.17) is 0 Å². The Kier molecular flexibility index (Phi) is 1.80. The van der Waals surface area contributed by atoms with Crippen molar-refractivity contribution in [3.8, 4) is 0 Å². The summed E-state index contributed by atoms with van der Waals surface area (Å²) in [5, 5.41) is 3.36. The summed E-state index contributed by atoms with van der Waals surface area (Å²) < 4.78 is 0. The van der Waals surface area contributed by atoms with E-state index in [9.17, 15) is 0 Å². The molecule has 3 nitrogen and oxygen atoms in total. The van der Waals surface area contributed by atoms with Crippen LogP contribution in [0.15, 0.2) is 0 Å². The van der Waals surface area contributed by atoms with Crippen molar-refractivity contribution in [2.75, 3.05) is 6.54 Å². The Morgan fingerprint density at radius 3 is 2.93 bits per heavy atom. The van der Waals surface area contributed by atoms with Gasteiger partial charge in [-0.1, -0.05) is 0 Å². The van der Waals surface area contributed by atoms with Crippen LogP contribution in [-0.4, -0.2) is 16.5 Å². The quantitative estimate of drug-likeness (QED) is 0.723. The molecule has 0 unspecified atom stereocenters. The molecule has 74 valence electrons. The van der Waals surface area contributed by atoms with Crippen molar-refractivity contribution in [2.45, 2.75) is 38.6 Å². The first kappa shape index (κ1) is 8.36. The molecule has 2 heterocycles.